The van der Waals surface area contributed by atoms with Crippen LogP contribution in [0.5, 0.6) is 0 Å². The Morgan fingerprint density at radius 3 is 2.75 bits per heavy atom. The van der Waals surface area contributed by atoms with Gasteiger partial charge in [0, 0.05) is 6.07 Å². The third-order valence-electron chi connectivity index (χ3n) is 2.20. The summed E-state index contributed by atoms with van der Waals surface area (Å²) in [6.45, 7) is 0. The molecule has 1 rings (SSSR count). The molecule has 0 aliphatic rings. The van der Waals surface area contributed by atoms with Crippen LogP contribution in [0, 0.1) is 10.1 Å². The molecule has 0 N–H and O–H groups in total. The topological polar surface area (TPSA) is 69.4 Å². The van der Waals surface area contributed by atoms with Gasteiger partial charge in [-0.15, -0.1) is 0 Å². The standard InChI is InChI=1S/C10H12BNO4/c1-16-10(13)8-3-2-7(4-5-11)6-9(8)12(14)15/h2-3,6H,4-5,11H2,1H3. The third kappa shape index (κ3) is 2.59. The average Bonchev–Trinajstić information content (AvgIpc) is 2.28. The predicted octanol–water partition coefficient (Wildman–Crippen LogP) is 0.975. The Morgan fingerprint density at radius 1 is 1.56 bits per heavy atom. The SMILES string of the molecule is BCCc1ccc(C(=O)OC)c([N+](=O)[O-])c1. The van der Waals surface area contributed by atoms with Crippen molar-refractivity contribution >= 4 is 19.5 Å². The second-order valence-corrected chi connectivity index (χ2v) is 3.35. The van der Waals surface area contributed by atoms with Crippen molar-refractivity contribution in [2.24, 2.45) is 0 Å². The zero-order valence-corrected chi connectivity index (χ0v) is 9.23. The normalized spacial score (nSPS) is 9.81. The number of methoxy groups -OCH3 is 1. The van der Waals surface area contributed by atoms with Gasteiger partial charge in [-0.3, -0.25) is 10.1 Å². The van der Waals surface area contributed by atoms with Crippen LogP contribution in [0.4, 0.5) is 5.69 Å². The molecule has 0 amide bonds. The van der Waals surface area contributed by atoms with Crippen molar-refractivity contribution in [2.45, 2.75) is 12.7 Å². The highest BCUT2D eigenvalue weighted by Crippen LogP contribution is 2.21. The average molecular weight is 221 g/mol. The molecule has 16 heavy (non-hydrogen) atoms. The van der Waals surface area contributed by atoms with Crippen LogP contribution in [0.3, 0.4) is 0 Å². The van der Waals surface area contributed by atoms with Crippen molar-refractivity contribution in [3.05, 3.63) is 39.4 Å². The summed E-state index contributed by atoms with van der Waals surface area (Å²) in [6.07, 6.45) is 1.65. The van der Waals surface area contributed by atoms with Crippen molar-refractivity contribution in [3.63, 3.8) is 0 Å². The van der Waals surface area contributed by atoms with E-state index in [4.69, 9.17) is 0 Å². The number of nitrogens with zero attached hydrogens (tertiary/aromatic N) is 1. The molecule has 0 saturated carbocycles. The van der Waals surface area contributed by atoms with Crippen LogP contribution >= 0.6 is 0 Å². The zero-order valence-electron chi connectivity index (χ0n) is 9.23. The van der Waals surface area contributed by atoms with Gasteiger partial charge in [0.2, 0.25) is 0 Å². The number of ether oxygens (including phenoxy) is 1. The van der Waals surface area contributed by atoms with Gasteiger partial charge in [0.15, 0.2) is 0 Å². The van der Waals surface area contributed by atoms with E-state index in [2.05, 4.69) is 4.74 Å². The summed E-state index contributed by atoms with van der Waals surface area (Å²) in [6, 6.07) is 4.58. The Hall–Kier alpha value is -1.85. The maximum atomic E-state index is 11.3. The van der Waals surface area contributed by atoms with Crippen LogP contribution in [-0.2, 0) is 11.2 Å². The van der Waals surface area contributed by atoms with E-state index >= 15 is 0 Å². The van der Waals surface area contributed by atoms with Crippen molar-refractivity contribution in [3.8, 4) is 0 Å². The number of aryl methyl sites for hydroxylation is 1. The van der Waals surface area contributed by atoms with E-state index < -0.39 is 10.9 Å². The van der Waals surface area contributed by atoms with Gasteiger partial charge in [0.05, 0.1) is 12.0 Å². The Balaban J connectivity index is 3.19. The Labute approximate surface area is 94.0 Å². The molecule has 0 heterocycles. The van der Waals surface area contributed by atoms with Gasteiger partial charge in [-0.05, 0) is 18.1 Å². The zero-order chi connectivity index (χ0) is 12.1. The number of esters is 1. The van der Waals surface area contributed by atoms with Crippen LogP contribution in [0.1, 0.15) is 15.9 Å². The lowest BCUT2D eigenvalue weighted by Crippen LogP contribution is -2.06. The van der Waals surface area contributed by atoms with Gasteiger partial charge in [0.25, 0.3) is 5.69 Å². The van der Waals surface area contributed by atoms with E-state index in [1.807, 2.05) is 7.85 Å². The van der Waals surface area contributed by atoms with E-state index in [9.17, 15) is 14.9 Å². The molecule has 0 aliphatic carbocycles. The fourth-order valence-electron chi connectivity index (χ4n) is 1.46. The molecule has 0 fully saturated rings. The maximum Gasteiger partial charge on any atom is 0.344 e. The van der Waals surface area contributed by atoms with Crippen molar-refractivity contribution in [1.82, 2.24) is 0 Å². The highest BCUT2D eigenvalue weighted by Gasteiger charge is 2.20. The van der Waals surface area contributed by atoms with E-state index in [-0.39, 0.29) is 11.3 Å². The molecule has 5 nitrogen and oxygen atoms in total. The van der Waals surface area contributed by atoms with Crippen molar-refractivity contribution < 1.29 is 14.5 Å². The van der Waals surface area contributed by atoms with Crippen LogP contribution in [0.25, 0.3) is 0 Å². The van der Waals surface area contributed by atoms with Crippen LogP contribution < -0.4 is 0 Å². The third-order valence-corrected chi connectivity index (χ3v) is 2.20. The molecule has 84 valence electrons. The van der Waals surface area contributed by atoms with Crippen molar-refractivity contribution in [1.29, 1.82) is 0 Å². The predicted molar refractivity (Wildman–Crippen MR) is 61.5 cm³/mol. The molecule has 0 radical (unpaired) electrons. The molecule has 0 aromatic heterocycles. The molecule has 0 saturated heterocycles. The molecule has 1 aromatic rings. The molecular weight excluding hydrogens is 209 g/mol. The van der Waals surface area contributed by atoms with Crippen molar-refractivity contribution in [2.75, 3.05) is 7.11 Å². The van der Waals surface area contributed by atoms with Gasteiger partial charge in [-0.1, -0.05) is 12.4 Å². The van der Waals surface area contributed by atoms with Crippen LogP contribution in [0.15, 0.2) is 18.2 Å². The number of hydrogen-bond acceptors (Lipinski definition) is 4. The van der Waals surface area contributed by atoms with Crippen LogP contribution in [-0.4, -0.2) is 25.8 Å². The van der Waals surface area contributed by atoms with E-state index in [0.717, 1.165) is 18.3 Å². The second-order valence-electron chi connectivity index (χ2n) is 3.35. The number of benzene rings is 1. The summed E-state index contributed by atoms with van der Waals surface area (Å²) in [5.41, 5.74) is 0.645. The van der Waals surface area contributed by atoms with Gasteiger partial charge in [-0.2, -0.15) is 0 Å². The second kappa shape index (κ2) is 5.30. The minimum Gasteiger partial charge on any atom is -0.465 e. The molecule has 1 aromatic carbocycles. The summed E-state index contributed by atoms with van der Waals surface area (Å²) < 4.78 is 4.48. The summed E-state index contributed by atoms with van der Waals surface area (Å²) in [4.78, 5) is 21.5. The van der Waals surface area contributed by atoms with Gasteiger partial charge >= 0.3 is 5.97 Å². The molecule has 0 unspecified atom stereocenters. The minimum absolute atomic E-state index is 0.00708. The first-order valence-corrected chi connectivity index (χ1v) is 4.95. The summed E-state index contributed by atoms with van der Waals surface area (Å²) >= 11 is 0. The summed E-state index contributed by atoms with van der Waals surface area (Å²) in [5, 5.41) is 10.8. The minimum atomic E-state index is -0.685. The monoisotopic (exact) mass is 221 g/mol. The number of nitro groups is 1. The number of rotatable bonds is 4. The molecule has 0 aliphatic heterocycles. The fraction of sp³-hybridized carbons (Fsp3) is 0.300. The lowest BCUT2D eigenvalue weighted by atomic mass is 9.96. The first kappa shape index (κ1) is 12.2. The number of nitro benzene ring substituents is 1. The first-order valence-electron chi connectivity index (χ1n) is 4.95. The van der Waals surface area contributed by atoms with E-state index in [1.54, 1.807) is 6.07 Å². The lowest BCUT2D eigenvalue weighted by Gasteiger charge is -2.03. The molecular formula is C10H12BNO4. The molecule has 6 heteroatoms. The number of carbonyl (C=O) groups is 1. The quantitative estimate of drug-likeness (QED) is 0.329. The maximum absolute atomic E-state index is 11.3. The number of hydrogen-bond donors (Lipinski definition) is 0. The fourth-order valence-corrected chi connectivity index (χ4v) is 1.46. The van der Waals surface area contributed by atoms with Crippen LogP contribution in [0.2, 0.25) is 6.32 Å². The highest BCUT2D eigenvalue weighted by molar-refractivity contribution is 6.08. The Kier molecular flexibility index (Phi) is 4.05. The van der Waals surface area contributed by atoms with E-state index in [0.29, 0.717) is 0 Å². The molecule has 0 bridgehead atoms. The Bertz CT molecular complexity index is 419. The lowest BCUT2D eigenvalue weighted by molar-refractivity contribution is -0.385. The highest BCUT2D eigenvalue weighted by atomic mass is 16.6. The first-order chi connectivity index (χ1) is 7.60. The molecule has 0 atom stereocenters. The van der Waals surface area contributed by atoms with Gasteiger partial charge in [0.1, 0.15) is 13.4 Å². The molecule has 0 spiro atoms. The van der Waals surface area contributed by atoms with Gasteiger partial charge in [-0.25, -0.2) is 4.79 Å². The summed E-state index contributed by atoms with van der Waals surface area (Å²) in [7, 11) is 3.19. The summed E-state index contributed by atoms with van der Waals surface area (Å²) in [5.74, 6) is -0.685. The van der Waals surface area contributed by atoms with Gasteiger partial charge < -0.3 is 4.74 Å². The van der Waals surface area contributed by atoms with E-state index in [1.165, 1.54) is 19.2 Å². The smallest absolute Gasteiger partial charge is 0.344 e. The Morgan fingerprint density at radius 2 is 2.25 bits per heavy atom. The number of carbonyl (C=O) groups excluding carboxylic acids is 1. The largest absolute Gasteiger partial charge is 0.465 e.